The Balaban J connectivity index is 1.96. The van der Waals surface area contributed by atoms with Gasteiger partial charge in [0.2, 0.25) is 0 Å². The van der Waals surface area contributed by atoms with Crippen LogP contribution in [0.1, 0.15) is 11.1 Å². The Hall–Kier alpha value is -1.88. The zero-order valence-electron chi connectivity index (χ0n) is 10.3. The molecule has 94 valence electrons. The molecule has 1 aromatic heterocycles. The van der Waals surface area contributed by atoms with Crippen molar-refractivity contribution in [1.82, 2.24) is 9.78 Å². The lowest BCUT2D eigenvalue weighted by molar-refractivity contribution is 0.637. The minimum absolute atomic E-state index is 0.410. The van der Waals surface area contributed by atoms with Crippen LogP contribution in [0.4, 0.5) is 5.69 Å². The molecule has 18 heavy (non-hydrogen) atoms. The molecule has 5 heteroatoms. The highest BCUT2D eigenvalue weighted by Crippen LogP contribution is 2.14. The van der Waals surface area contributed by atoms with Gasteiger partial charge in [0, 0.05) is 24.0 Å². The highest BCUT2D eigenvalue weighted by Gasteiger charge is 2.03. The van der Waals surface area contributed by atoms with Crippen LogP contribution in [0, 0.1) is 6.92 Å². The molecule has 0 radical (unpaired) electrons. The first-order valence-corrected chi connectivity index (χ1v) is 6.19. The quantitative estimate of drug-likeness (QED) is 0.807. The van der Waals surface area contributed by atoms with E-state index in [1.165, 1.54) is 5.56 Å². The zero-order chi connectivity index (χ0) is 13.0. The van der Waals surface area contributed by atoms with Crippen molar-refractivity contribution >= 4 is 22.9 Å². The number of para-hydroxylation sites is 1. The molecule has 4 nitrogen and oxygen atoms in total. The molecule has 3 N–H and O–H groups in total. The lowest BCUT2D eigenvalue weighted by Gasteiger charge is -2.10. The Morgan fingerprint density at radius 3 is 2.89 bits per heavy atom. The van der Waals surface area contributed by atoms with Gasteiger partial charge in [-0.15, -0.1) is 0 Å². The smallest absolute Gasteiger partial charge is 0.106 e. The Kier molecular flexibility index (Phi) is 3.94. The normalized spacial score (nSPS) is 10.3. The molecule has 0 unspecified atom stereocenters. The molecule has 0 amide bonds. The monoisotopic (exact) mass is 260 g/mol. The summed E-state index contributed by atoms with van der Waals surface area (Å²) in [6.45, 7) is 3.61. The maximum atomic E-state index is 5.67. The Bertz CT molecular complexity index is 547. The lowest BCUT2D eigenvalue weighted by atomic mass is 10.2. The maximum absolute atomic E-state index is 5.67. The molecule has 0 saturated heterocycles. The summed E-state index contributed by atoms with van der Waals surface area (Å²) in [6.07, 6.45) is 3.87. The number of nitrogens with zero attached hydrogens (tertiary/aromatic N) is 2. The second kappa shape index (κ2) is 5.64. The number of anilines is 1. The van der Waals surface area contributed by atoms with Gasteiger partial charge in [0.15, 0.2) is 0 Å². The second-order valence-electron chi connectivity index (χ2n) is 4.12. The number of rotatable bonds is 5. The number of hydrogen-bond acceptors (Lipinski definition) is 3. The molecular weight excluding hydrogens is 244 g/mol. The summed E-state index contributed by atoms with van der Waals surface area (Å²) in [5.41, 5.74) is 8.69. The van der Waals surface area contributed by atoms with Crippen LogP contribution >= 0.6 is 12.2 Å². The fourth-order valence-electron chi connectivity index (χ4n) is 1.75. The number of nitrogens with two attached hydrogens (primary N) is 1. The van der Waals surface area contributed by atoms with Crippen molar-refractivity contribution in [2.45, 2.75) is 13.5 Å². The highest BCUT2D eigenvalue weighted by atomic mass is 32.1. The van der Waals surface area contributed by atoms with E-state index in [2.05, 4.69) is 10.4 Å². The molecule has 1 aromatic carbocycles. The largest absolute Gasteiger partial charge is 0.389 e. The molecule has 0 spiro atoms. The van der Waals surface area contributed by atoms with Crippen molar-refractivity contribution < 1.29 is 0 Å². The first kappa shape index (κ1) is 12.6. The van der Waals surface area contributed by atoms with Crippen LogP contribution in [0.2, 0.25) is 0 Å². The number of aryl methyl sites for hydroxylation is 1. The third-order valence-electron chi connectivity index (χ3n) is 2.61. The molecule has 0 bridgehead atoms. The van der Waals surface area contributed by atoms with Gasteiger partial charge in [0.25, 0.3) is 0 Å². The first-order chi connectivity index (χ1) is 8.66. The molecule has 2 rings (SSSR count). The SMILES string of the molecule is Cc1cnn(CCNc2ccccc2C(N)=S)c1. The number of thiocarbonyl (C=S) groups is 1. The van der Waals surface area contributed by atoms with Gasteiger partial charge in [-0.25, -0.2) is 0 Å². The van der Waals surface area contributed by atoms with Crippen LogP contribution in [-0.2, 0) is 6.54 Å². The van der Waals surface area contributed by atoms with Crippen LogP contribution in [0.15, 0.2) is 36.7 Å². The van der Waals surface area contributed by atoms with Gasteiger partial charge in [0.05, 0.1) is 12.7 Å². The number of benzene rings is 1. The van der Waals surface area contributed by atoms with E-state index in [9.17, 15) is 0 Å². The van der Waals surface area contributed by atoms with E-state index < -0.39 is 0 Å². The van der Waals surface area contributed by atoms with E-state index in [4.69, 9.17) is 18.0 Å². The van der Waals surface area contributed by atoms with Crippen molar-refractivity contribution in [3.8, 4) is 0 Å². The van der Waals surface area contributed by atoms with Crippen LogP contribution in [-0.4, -0.2) is 21.3 Å². The average Bonchev–Trinajstić information content (AvgIpc) is 2.75. The van der Waals surface area contributed by atoms with E-state index in [0.29, 0.717) is 4.99 Å². The maximum Gasteiger partial charge on any atom is 0.106 e. The van der Waals surface area contributed by atoms with E-state index in [0.717, 1.165) is 24.3 Å². The van der Waals surface area contributed by atoms with Crippen LogP contribution in [0.3, 0.4) is 0 Å². The zero-order valence-corrected chi connectivity index (χ0v) is 11.1. The van der Waals surface area contributed by atoms with Crippen molar-refractivity contribution in [2.75, 3.05) is 11.9 Å². The third kappa shape index (κ3) is 3.07. The summed E-state index contributed by atoms with van der Waals surface area (Å²) in [7, 11) is 0. The summed E-state index contributed by atoms with van der Waals surface area (Å²) in [5, 5.41) is 7.55. The molecule has 0 atom stereocenters. The van der Waals surface area contributed by atoms with Crippen LogP contribution in [0.5, 0.6) is 0 Å². The number of nitrogens with one attached hydrogen (secondary N) is 1. The van der Waals surface area contributed by atoms with Crippen molar-refractivity contribution in [2.24, 2.45) is 5.73 Å². The second-order valence-corrected chi connectivity index (χ2v) is 4.56. The summed E-state index contributed by atoms with van der Waals surface area (Å²) in [6, 6.07) is 7.78. The Morgan fingerprint density at radius 1 is 1.44 bits per heavy atom. The molecule has 0 fully saturated rings. The van der Waals surface area contributed by atoms with Crippen molar-refractivity contribution in [1.29, 1.82) is 0 Å². The Labute approximate surface area is 112 Å². The first-order valence-electron chi connectivity index (χ1n) is 5.78. The van der Waals surface area contributed by atoms with Gasteiger partial charge in [-0.2, -0.15) is 5.10 Å². The van der Waals surface area contributed by atoms with Gasteiger partial charge < -0.3 is 11.1 Å². The fraction of sp³-hybridized carbons (Fsp3) is 0.231. The molecule has 0 saturated carbocycles. The summed E-state index contributed by atoms with van der Waals surface area (Å²) in [5.74, 6) is 0. The van der Waals surface area contributed by atoms with Gasteiger partial charge >= 0.3 is 0 Å². The fourth-order valence-corrected chi connectivity index (χ4v) is 1.92. The molecule has 2 aromatic rings. The highest BCUT2D eigenvalue weighted by molar-refractivity contribution is 7.80. The van der Waals surface area contributed by atoms with E-state index >= 15 is 0 Å². The number of aromatic nitrogens is 2. The Morgan fingerprint density at radius 2 is 2.22 bits per heavy atom. The molecular formula is C13H16N4S. The lowest BCUT2D eigenvalue weighted by Crippen LogP contribution is -2.16. The molecule has 0 aliphatic heterocycles. The van der Waals surface area contributed by atoms with Crippen molar-refractivity contribution in [3.63, 3.8) is 0 Å². The standard InChI is InChI=1S/C13H16N4S/c1-10-8-16-17(9-10)7-6-15-12-5-3-2-4-11(12)13(14)18/h2-5,8-9,15H,6-7H2,1H3,(H2,14,18). The third-order valence-corrected chi connectivity index (χ3v) is 2.83. The predicted molar refractivity (Wildman–Crippen MR) is 77.8 cm³/mol. The average molecular weight is 260 g/mol. The number of hydrogen-bond donors (Lipinski definition) is 2. The van der Waals surface area contributed by atoms with Crippen LogP contribution in [0.25, 0.3) is 0 Å². The van der Waals surface area contributed by atoms with E-state index in [-0.39, 0.29) is 0 Å². The topological polar surface area (TPSA) is 55.9 Å². The van der Waals surface area contributed by atoms with Gasteiger partial charge in [-0.3, -0.25) is 4.68 Å². The van der Waals surface area contributed by atoms with Gasteiger partial charge in [-0.1, -0.05) is 24.4 Å². The minimum atomic E-state index is 0.410. The van der Waals surface area contributed by atoms with E-state index in [1.54, 1.807) is 0 Å². The van der Waals surface area contributed by atoms with Gasteiger partial charge in [-0.05, 0) is 24.6 Å². The molecule has 0 aliphatic rings. The van der Waals surface area contributed by atoms with Crippen LogP contribution < -0.4 is 11.1 Å². The molecule has 0 aliphatic carbocycles. The summed E-state index contributed by atoms with van der Waals surface area (Å²) >= 11 is 5.02. The predicted octanol–water partition coefficient (Wildman–Crippen LogP) is 1.94. The minimum Gasteiger partial charge on any atom is -0.389 e. The van der Waals surface area contributed by atoms with E-state index in [1.807, 2.05) is 48.3 Å². The van der Waals surface area contributed by atoms with Gasteiger partial charge in [0.1, 0.15) is 4.99 Å². The summed E-state index contributed by atoms with van der Waals surface area (Å²) in [4.78, 5) is 0.410. The van der Waals surface area contributed by atoms with Crippen molar-refractivity contribution in [3.05, 3.63) is 47.8 Å². The molecule has 1 heterocycles. The summed E-state index contributed by atoms with van der Waals surface area (Å²) < 4.78 is 1.91.